The van der Waals surface area contributed by atoms with Crippen molar-refractivity contribution in [3.05, 3.63) is 54.1 Å². The minimum atomic E-state index is 0.256. The molecule has 2 aromatic rings. The number of benzene rings is 2. The highest BCUT2D eigenvalue weighted by atomic mass is 16.5. The van der Waals surface area contributed by atoms with Crippen LogP contribution in [0.3, 0.4) is 0 Å². The van der Waals surface area contributed by atoms with Crippen LogP contribution in [0.5, 0.6) is 11.5 Å². The summed E-state index contributed by atoms with van der Waals surface area (Å²) in [5, 5.41) is 3.41. The molecule has 0 saturated carbocycles. The summed E-state index contributed by atoms with van der Waals surface area (Å²) in [6, 6.07) is 16.2. The Balaban J connectivity index is 1.45. The fourth-order valence-corrected chi connectivity index (χ4v) is 2.71. The first kappa shape index (κ1) is 16.7. The van der Waals surface area contributed by atoms with E-state index in [1.54, 1.807) is 0 Å². The van der Waals surface area contributed by atoms with Crippen LogP contribution in [0, 0.1) is 0 Å². The molecular formula is C20H25NO3. The molecule has 1 aliphatic rings. The van der Waals surface area contributed by atoms with Crippen LogP contribution in [0.4, 0.5) is 5.69 Å². The molecule has 1 N–H and O–H groups in total. The van der Waals surface area contributed by atoms with Crippen molar-refractivity contribution in [2.24, 2.45) is 0 Å². The second kappa shape index (κ2) is 8.60. The topological polar surface area (TPSA) is 39.7 Å². The van der Waals surface area contributed by atoms with Crippen LogP contribution in [0.25, 0.3) is 0 Å². The number of nitrogens with one attached hydrogen (secondary N) is 1. The summed E-state index contributed by atoms with van der Waals surface area (Å²) in [4.78, 5) is 0. The van der Waals surface area contributed by atoms with Crippen molar-refractivity contribution in [1.82, 2.24) is 0 Å². The summed E-state index contributed by atoms with van der Waals surface area (Å²) in [5.41, 5.74) is 2.30. The summed E-state index contributed by atoms with van der Waals surface area (Å²) in [6.07, 6.45) is 2.50. The molecule has 0 radical (unpaired) electrons. The van der Waals surface area contributed by atoms with Gasteiger partial charge in [-0.25, -0.2) is 0 Å². The van der Waals surface area contributed by atoms with Crippen LogP contribution in [0.2, 0.25) is 0 Å². The first-order valence-electron chi connectivity index (χ1n) is 8.63. The van der Waals surface area contributed by atoms with Crippen molar-refractivity contribution < 1.29 is 14.2 Å². The molecule has 2 aromatic carbocycles. The van der Waals surface area contributed by atoms with Crippen LogP contribution in [-0.4, -0.2) is 25.9 Å². The molecule has 24 heavy (non-hydrogen) atoms. The maximum Gasteiger partial charge on any atom is 0.119 e. The quantitative estimate of drug-likeness (QED) is 0.786. The van der Waals surface area contributed by atoms with Crippen molar-refractivity contribution >= 4 is 5.69 Å². The summed E-state index contributed by atoms with van der Waals surface area (Å²) in [5.74, 6) is 1.80. The van der Waals surface area contributed by atoms with E-state index in [1.807, 2.05) is 43.3 Å². The average molecular weight is 327 g/mol. The predicted octanol–water partition coefficient (Wildman–Crippen LogP) is 4.26. The Morgan fingerprint density at radius 3 is 2.38 bits per heavy atom. The van der Waals surface area contributed by atoms with Crippen LogP contribution >= 0.6 is 0 Å². The van der Waals surface area contributed by atoms with Crippen LogP contribution in [0.15, 0.2) is 48.5 Å². The van der Waals surface area contributed by atoms with Gasteiger partial charge in [0.15, 0.2) is 0 Å². The Morgan fingerprint density at radius 1 is 1.00 bits per heavy atom. The molecule has 4 heteroatoms. The van der Waals surface area contributed by atoms with Crippen LogP contribution in [-0.2, 0) is 11.3 Å². The number of ether oxygens (including phenoxy) is 3. The van der Waals surface area contributed by atoms with E-state index in [9.17, 15) is 0 Å². The van der Waals surface area contributed by atoms with Crippen molar-refractivity contribution in [1.29, 1.82) is 0 Å². The summed E-state index contributed by atoms with van der Waals surface area (Å²) >= 11 is 0. The largest absolute Gasteiger partial charge is 0.494 e. The van der Waals surface area contributed by atoms with Gasteiger partial charge in [0.1, 0.15) is 18.1 Å². The zero-order valence-corrected chi connectivity index (χ0v) is 14.2. The Labute approximate surface area is 143 Å². The molecule has 0 aliphatic carbocycles. The lowest BCUT2D eigenvalue weighted by Gasteiger charge is -2.12. The Hall–Kier alpha value is -2.20. The summed E-state index contributed by atoms with van der Waals surface area (Å²) in [7, 11) is 0. The Bertz CT molecular complexity index is 604. The SMILES string of the molecule is CCOc1ccc(NCc2ccc(OCC3CCCO3)cc2)cc1. The minimum absolute atomic E-state index is 0.256. The lowest BCUT2D eigenvalue weighted by atomic mass is 10.2. The third kappa shape index (κ3) is 4.90. The molecule has 1 aliphatic heterocycles. The smallest absolute Gasteiger partial charge is 0.119 e. The van der Waals surface area contributed by atoms with Gasteiger partial charge in [0.05, 0.1) is 12.7 Å². The van der Waals surface area contributed by atoms with Gasteiger partial charge in [0, 0.05) is 18.8 Å². The summed E-state index contributed by atoms with van der Waals surface area (Å²) < 4.78 is 16.8. The Kier molecular flexibility index (Phi) is 5.96. The van der Waals surface area contributed by atoms with E-state index in [1.165, 1.54) is 5.56 Å². The number of hydrogen-bond acceptors (Lipinski definition) is 4. The molecule has 0 aromatic heterocycles. The lowest BCUT2D eigenvalue weighted by molar-refractivity contribution is 0.0679. The standard InChI is InChI=1S/C20H25NO3/c1-2-22-18-11-7-17(8-12-18)21-14-16-5-9-19(10-6-16)24-15-20-4-3-13-23-20/h5-12,20-21H,2-4,13-15H2,1H3. The highest BCUT2D eigenvalue weighted by Crippen LogP contribution is 2.19. The highest BCUT2D eigenvalue weighted by Gasteiger charge is 2.15. The molecule has 1 heterocycles. The van der Waals surface area contributed by atoms with Crippen molar-refractivity contribution in [3.8, 4) is 11.5 Å². The molecule has 4 nitrogen and oxygen atoms in total. The molecule has 1 unspecified atom stereocenters. The van der Waals surface area contributed by atoms with Crippen molar-refractivity contribution in [2.75, 3.05) is 25.1 Å². The van der Waals surface area contributed by atoms with E-state index in [-0.39, 0.29) is 6.10 Å². The van der Waals surface area contributed by atoms with E-state index in [4.69, 9.17) is 14.2 Å². The zero-order chi connectivity index (χ0) is 16.6. The molecule has 0 bridgehead atoms. The van der Waals surface area contributed by atoms with Gasteiger partial charge in [-0.2, -0.15) is 0 Å². The highest BCUT2D eigenvalue weighted by molar-refractivity contribution is 5.47. The maximum absolute atomic E-state index is 5.78. The van der Waals surface area contributed by atoms with Gasteiger partial charge >= 0.3 is 0 Å². The number of anilines is 1. The van der Waals surface area contributed by atoms with E-state index >= 15 is 0 Å². The van der Waals surface area contributed by atoms with Gasteiger partial charge in [0.2, 0.25) is 0 Å². The summed E-state index contributed by atoms with van der Waals surface area (Å²) in [6.45, 7) is 4.96. The maximum atomic E-state index is 5.78. The number of rotatable bonds is 8. The molecular weight excluding hydrogens is 302 g/mol. The second-order valence-electron chi connectivity index (χ2n) is 5.90. The molecule has 1 fully saturated rings. The molecule has 0 amide bonds. The normalized spacial score (nSPS) is 16.8. The Morgan fingerprint density at radius 2 is 1.71 bits per heavy atom. The van der Waals surface area contributed by atoms with E-state index in [0.717, 1.165) is 43.2 Å². The molecule has 1 atom stereocenters. The van der Waals surface area contributed by atoms with Crippen LogP contribution < -0.4 is 14.8 Å². The van der Waals surface area contributed by atoms with E-state index in [2.05, 4.69) is 17.4 Å². The van der Waals surface area contributed by atoms with Gasteiger partial charge in [-0.15, -0.1) is 0 Å². The monoisotopic (exact) mass is 327 g/mol. The zero-order valence-electron chi connectivity index (χ0n) is 14.2. The van der Waals surface area contributed by atoms with E-state index < -0.39 is 0 Å². The fraction of sp³-hybridized carbons (Fsp3) is 0.400. The fourth-order valence-electron chi connectivity index (χ4n) is 2.71. The molecule has 128 valence electrons. The van der Waals surface area contributed by atoms with Gasteiger partial charge in [-0.1, -0.05) is 12.1 Å². The first-order chi connectivity index (χ1) is 11.8. The molecule has 1 saturated heterocycles. The lowest BCUT2D eigenvalue weighted by Crippen LogP contribution is -2.16. The third-order valence-electron chi connectivity index (χ3n) is 4.05. The van der Waals surface area contributed by atoms with Crippen molar-refractivity contribution in [3.63, 3.8) is 0 Å². The second-order valence-corrected chi connectivity index (χ2v) is 5.90. The van der Waals surface area contributed by atoms with Gasteiger partial charge in [0.25, 0.3) is 0 Å². The average Bonchev–Trinajstić information content (AvgIpc) is 3.14. The van der Waals surface area contributed by atoms with Crippen LogP contribution in [0.1, 0.15) is 25.3 Å². The number of hydrogen-bond donors (Lipinski definition) is 1. The van der Waals surface area contributed by atoms with Gasteiger partial charge in [-0.05, 0) is 61.7 Å². The first-order valence-corrected chi connectivity index (χ1v) is 8.63. The predicted molar refractivity (Wildman–Crippen MR) is 95.8 cm³/mol. The third-order valence-corrected chi connectivity index (χ3v) is 4.05. The molecule has 3 rings (SSSR count). The minimum Gasteiger partial charge on any atom is -0.494 e. The van der Waals surface area contributed by atoms with E-state index in [0.29, 0.717) is 13.2 Å². The van der Waals surface area contributed by atoms with Crippen molar-refractivity contribution in [2.45, 2.75) is 32.4 Å². The molecule has 0 spiro atoms. The van der Waals surface area contributed by atoms with Gasteiger partial charge < -0.3 is 19.5 Å². The van der Waals surface area contributed by atoms with Gasteiger partial charge in [-0.3, -0.25) is 0 Å².